The molecule has 98 valence electrons. The zero-order valence-electron chi connectivity index (χ0n) is 9.28. The van der Waals surface area contributed by atoms with Gasteiger partial charge in [-0.05, 0) is 6.92 Å². The smallest absolute Gasteiger partial charge is 0.408 e. The van der Waals surface area contributed by atoms with Crippen LogP contribution in [0.15, 0.2) is 0 Å². The van der Waals surface area contributed by atoms with Crippen molar-refractivity contribution in [3.8, 4) is 0 Å². The second kappa shape index (κ2) is 4.15. The molecule has 1 aliphatic rings. The molecule has 2 atom stereocenters. The highest BCUT2D eigenvalue weighted by atomic mass is 32.2. The molecule has 0 radical (unpaired) electrons. The van der Waals surface area contributed by atoms with E-state index in [2.05, 4.69) is 4.18 Å². The molecule has 9 heteroatoms. The molecule has 2 N–H and O–H groups in total. The van der Waals surface area contributed by atoms with Crippen LogP contribution in [0.4, 0.5) is 4.79 Å². The van der Waals surface area contributed by atoms with Crippen LogP contribution in [0.2, 0.25) is 0 Å². The minimum Gasteiger partial charge on any atom is -0.480 e. The number of aliphatic carboxylic acids is 1. The quantitative estimate of drug-likeness (QED) is 0.664. The van der Waals surface area contributed by atoms with E-state index >= 15 is 0 Å². The van der Waals surface area contributed by atoms with E-state index in [-0.39, 0.29) is 13.0 Å². The van der Waals surface area contributed by atoms with Crippen LogP contribution in [0.3, 0.4) is 0 Å². The van der Waals surface area contributed by atoms with Crippen LogP contribution in [-0.2, 0) is 19.1 Å². The fraction of sp³-hybridized carbons (Fsp3) is 0.750. The van der Waals surface area contributed by atoms with Crippen molar-refractivity contribution in [2.45, 2.75) is 25.0 Å². The maximum atomic E-state index is 11.0. The number of nitrogens with zero attached hydrogens (tertiary/aromatic N) is 1. The minimum absolute atomic E-state index is 0.207. The van der Waals surface area contributed by atoms with Gasteiger partial charge in [0.1, 0.15) is 5.54 Å². The first-order chi connectivity index (χ1) is 7.56. The molecule has 1 aliphatic heterocycles. The Bertz CT molecular complexity index is 445. The topological polar surface area (TPSA) is 121 Å². The van der Waals surface area contributed by atoms with E-state index in [9.17, 15) is 18.0 Å². The van der Waals surface area contributed by atoms with Gasteiger partial charge < -0.3 is 10.2 Å². The Hall–Kier alpha value is -1.35. The number of amides is 1. The molecule has 1 rings (SSSR count). The molecule has 17 heavy (non-hydrogen) atoms. The van der Waals surface area contributed by atoms with E-state index in [4.69, 9.17) is 10.2 Å². The second-order valence-electron chi connectivity index (χ2n) is 4.10. The third-order valence-electron chi connectivity index (χ3n) is 2.61. The Morgan fingerprint density at radius 2 is 1.94 bits per heavy atom. The maximum absolute atomic E-state index is 11.0. The van der Waals surface area contributed by atoms with Gasteiger partial charge in [-0.15, -0.1) is 0 Å². The Morgan fingerprint density at radius 3 is 2.24 bits per heavy atom. The Balaban J connectivity index is 2.95. The van der Waals surface area contributed by atoms with Crippen LogP contribution < -0.4 is 0 Å². The van der Waals surface area contributed by atoms with Gasteiger partial charge in [-0.25, -0.2) is 9.59 Å². The van der Waals surface area contributed by atoms with Gasteiger partial charge in [-0.3, -0.25) is 9.08 Å². The number of hydrogen-bond acceptors (Lipinski definition) is 5. The van der Waals surface area contributed by atoms with Crippen LogP contribution in [-0.4, -0.2) is 60.0 Å². The van der Waals surface area contributed by atoms with Crippen LogP contribution in [0.25, 0.3) is 0 Å². The summed E-state index contributed by atoms with van der Waals surface area (Å²) in [5.74, 6) is -1.33. The first-order valence-corrected chi connectivity index (χ1v) is 6.50. The highest BCUT2D eigenvalue weighted by molar-refractivity contribution is 7.86. The van der Waals surface area contributed by atoms with E-state index in [1.54, 1.807) is 0 Å². The normalized spacial score (nSPS) is 29.3. The molecule has 1 amide bonds. The average molecular weight is 267 g/mol. The largest absolute Gasteiger partial charge is 0.480 e. The SMILES string of the molecule is CC1(C(=O)O)CC(OS(C)(=O)=O)CN1C(=O)O. The highest BCUT2D eigenvalue weighted by Gasteiger charge is 2.51. The van der Waals surface area contributed by atoms with Crippen LogP contribution in [0, 0.1) is 0 Å². The molecule has 2 unspecified atom stereocenters. The predicted octanol–water partition coefficient (Wildman–Crippen LogP) is -0.442. The van der Waals surface area contributed by atoms with Gasteiger partial charge >= 0.3 is 12.1 Å². The van der Waals surface area contributed by atoms with Gasteiger partial charge in [0.05, 0.1) is 18.9 Å². The zero-order chi connectivity index (χ0) is 13.4. The lowest BCUT2D eigenvalue weighted by atomic mass is 9.99. The third-order valence-corrected chi connectivity index (χ3v) is 3.23. The summed E-state index contributed by atoms with van der Waals surface area (Å²) in [6, 6.07) is 0. The molecule has 0 aliphatic carbocycles. The lowest BCUT2D eigenvalue weighted by Gasteiger charge is -2.27. The van der Waals surface area contributed by atoms with E-state index in [1.807, 2.05) is 0 Å². The number of carboxylic acids is 1. The third kappa shape index (κ3) is 2.86. The molecular weight excluding hydrogens is 254 g/mol. The molecule has 0 aromatic rings. The number of likely N-dealkylation sites (tertiary alicyclic amines) is 1. The van der Waals surface area contributed by atoms with Crippen molar-refractivity contribution in [3.63, 3.8) is 0 Å². The summed E-state index contributed by atoms with van der Waals surface area (Å²) in [5, 5.41) is 17.9. The average Bonchev–Trinajstić information content (AvgIpc) is 2.40. The number of hydrogen-bond donors (Lipinski definition) is 2. The van der Waals surface area contributed by atoms with Crippen molar-refractivity contribution in [1.82, 2.24) is 4.90 Å². The molecule has 1 fully saturated rings. The first kappa shape index (κ1) is 13.7. The Labute approximate surface area is 97.9 Å². The van der Waals surface area contributed by atoms with Crippen molar-refractivity contribution in [2.24, 2.45) is 0 Å². The molecule has 1 saturated heterocycles. The van der Waals surface area contributed by atoms with Crippen LogP contribution in [0.5, 0.6) is 0 Å². The number of carboxylic acid groups (broad SMARTS) is 2. The van der Waals surface area contributed by atoms with Crippen molar-refractivity contribution in [1.29, 1.82) is 0 Å². The Kier molecular flexibility index (Phi) is 3.35. The first-order valence-electron chi connectivity index (χ1n) is 4.68. The van der Waals surface area contributed by atoms with E-state index < -0.39 is 33.8 Å². The van der Waals surface area contributed by atoms with Gasteiger partial charge in [0.2, 0.25) is 0 Å². The molecule has 0 bridgehead atoms. The summed E-state index contributed by atoms with van der Waals surface area (Å²) < 4.78 is 26.4. The fourth-order valence-corrected chi connectivity index (χ4v) is 2.45. The summed E-state index contributed by atoms with van der Waals surface area (Å²) in [5.41, 5.74) is -1.67. The molecule has 8 nitrogen and oxygen atoms in total. The molecule has 1 heterocycles. The zero-order valence-corrected chi connectivity index (χ0v) is 10.1. The lowest BCUT2D eigenvalue weighted by molar-refractivity contribution is -0.147. The van der Waals surface area contributed by atoms with Gasteiger partial charge in [-0.1, -0.05) is 0 Å². The molecule has 0 spiro atoms. The molecular formula is C8H13NO7S. The predicted molar refractivity (Wildman–Crippen MR) is 55.1 cm³/mol. The summed E-state index contributed by atoms with van der Waals surface area (Å²) in [7, 11) is -3.75. The monoisotopic (exact) mass is 267 g/mol. The second-order valence-corrected chi connectivity index (χ2v) is 5.70. The van der Waals surface area contributed by atoms with Crippen molar-refractivity contribution in [3.05, 3.63) is 0 Å². The summed E-state index contributed by atoms with van der Waals surface area (Å²) in [6.45, 7) is 0.931. The van der Waals surface area contributed by atoms with Gasteiger partial charge in [-0.2, -0.15) is 8.42 Å². The van der Waals surface area contributed by atoms with Gasteiger partial charge in [0.25, 0.3) is 10.1 Å². The van der Waals surface area contributed by atoms with Crippen LogP contribution in [0.1, 0.15) is 13.3 Å². The summed E-state index contributed by atoms with van der Waals surface area (Å²) in [6.07, 6.45) is -1.77. The molecule has 0 aromatic carbocycles. The van der Waals surface area contributed by atoms with Crippen LogP contribution >= 0.6 is 0 Å². The fourth-order valence-electron chi connectivity index (χ4n) is 1.83. The number of carbonyl (C=O) groups is 2. The van der Waals surface area contributed by atoms with Gasteiger partial charge in [0.15, 0.2) is 0 Å². The maximum Gasteiger partial charge on any atom is 0.408 e. The lowest BCUT2D eigenvalue weighted by Crippen LogP contribution is -2.50. The standard InChI is InChI=1S/C8H13NO7S/c1-8(6(10)11)3-5(16-17(2,14)15)4-9(8)7(12)13/h5H,3-4H2,1-2H3,(H,10,11)(H,12,13). The number of rotatable bonds is 3. The van der Waals surface area contributed by atoms with E-state index in [1.165, 1.54) is 6.92 Å². The van der Waals surface area contributed by atoms with E-state index in [0.717, 1.165) is 6.26 Å². The minimum atomic E-state index is -3.75. The summed E-state index contributed by atoms with van der Waals surface area (Å²) >= 11 is 0. The summed E-state index contributed by atoms with van der Waals surface area (Å²) in [4.78, 5) is 22.6. The van der Waals surface area contributed by atoms with Gasteiger partial charge in [0, 0.05) is 6.42 Å². The molecule has 0 saturated carbocycles. The van der Waals surface area contributed by atoms with Crippen molar-refractivity contribution < 1.29 is 32.4 Å². The van der Waals surface area contributed by atoms with Crippen molar-refractivity contribution >= 4 is 22.2 Å². The highest BCUT2D eigenvalue weighted by Crippen LogP contribution is 2.31. The van der Waals surface area contributed by atoms with Crippen molar-refractivity contribution in [2.75, 3.05) is 12.8 Å². The Morgan fingerprint density at radius 1 is 1.41 bits per heavy atom. The van der Waals surface area contributed by atoms with E-state index in [0.29, 0.717) is 4.90 Å². The molecule has 0 aromatic heterocycles.